The lowest BCUT2D eigenvalue weighted by Crippen LogP contribution is -2.38. The van der Waals surface area contributed by atoms with Crippen molar-refractivity contribution in [1.29, 1.82) is 0 Å². The summed E-state index contributed by atoms with van der Waals surface area (Å²) in [5.74, 6) is 0. The first kappa shape index (κ1) is 10.8. The van der Waals surface area contributed by atoms with E-state index in [4.69, 9.17) is 5.73 Å². The fraction of sp³-hybridized carbons (Fsp3) is 0.417. The Morgan fingerprint density at radius 3 is 2.56 bits per heavy atom. The zero-order valence-electron chi connectivity index (χ0n) is 9.36. The van der Waals surface area contributed by atoms with Crippen molar-refractivity contribution in [1.82, 2.24) is 10.6 Å². The van der Waals surface area contributed by atoms with E-state index in [1.165, 1.54) is 0 Å². The van der Waals surface area contributed by atoms with E-state index >= 15 is 0 Å². The molecule has 4 heteroatoms. The van der Waals surface area contributed by atoms with Crippen LogP contribution in [-0.2, 0) is 0 Å². The van der Waals surface area contributed by atoms with Gasteiger partial charge in [0.25, 0.3) is 0 Å². The maximum Gasteiger partial charge on any atom is 0.315 e. The van der Waals surface area contributed by atoms with E-state index in [1.807, 2.05) is 31.2 Å². The average Bonchev–Trinajstić information content (AvgIpc) is 3.02. The second kappa shape index (κ2) is 4.43. The van der Waals surface area contributed by atoms with Gasteiger partial charge < -0.3 is 16.4 Å². The van der Waals surface area contributed by atoms with Gasteiger partial charge in [0.2, 0.25) is 0 Å². The lowest BCUT2D eigenvalue weighted by Gasteiger charge is -2.15. The monoisotopic (exact) mass is 219 g/mol. The number of nitrogens with one attached hydrogen (secondary N) is 2. The highest BCUT2D eigenvalue weighted by Crippen LogP contribution is 2.19. The molecule has 4 nitrogen and oxygen atoms in total. The normalized spacial score (nSPS) is 16.6. The minimum absolute atomic E-state index is 0.000602. The van der Waals surface area contributed by atoms with Crippen LogP contribution in [0.3, 0.4) is 0 Å². The topological polar surface area (TPSA) is 67.2 Å². The van der Waals surface area contributed by atoms with E-state index in [0.29, 0.717) is 6.04 Å². The maximum atomic E-state index is 11.5. The van der Waals surface area contributed by atoms with Crippen LogP contribution in [-0.4, -0.2) is 12.1 Å². The van der Waals surface area contributed by atoms with E-state index in [0.717, 1.165) is 24.1 Å². The first-order valence-corrected chi connectivity index (χ1v) is 5.57. The molecule has 1 aromatic rings. The Morgan fingerprint density at radius 2 is 2.00 bits per heavy atom. The second-order valence-electron chi connectivity index (χ2n) is 4.28. The summed E-state index contributed by atoms with van der Waals surface area (Å²) in [7, 11) is 0. The number of nitrogens with two attached hydrogens (primary N) is 1. The van der Waals surface area contributed by atoms with Crippen molar-refractivity contribution in [2.24, 2.45) is 0 Å². The summed E-state index contributed by atoms with van der Waals surface area (Å²) in [5.41, 5.74) is 7.39. The third-order valence-corrected chi connectivity index (χ3v) is 2.70. The lowest BCUT2D eigenvalue weighted by atomic mass is 10.1. The molecule has 4 N–H and O–H groups in total. The molecule has 0 aromatic heterocycles. The summed E-state index contributed by atoms with van der Waals surface area (Å²) in [6, 6.07) is 7.83. The maximum absolute atomic E-state index is 11.5. The molecule has 1 aliphatic carbocycles. The molecule has 0 saturated heterocycles. The van der Waals surface area contributed by atoms with Gasteiger partial charge in [-0.25, -0.2) is 4.79 Å². The Morgan fingerprint density at radius 1 is 1.38 bits per heavy atom. The van der Waals surface area contributed by atoms with Gasteiger partial charge in [0, 0.05) is 11.7 Å². The van der Waals surface area contributed by atoms with Gasteiger partial charge >= 0.3 is 6.03 Å². The number of hydrogen-bond acceptors (Lipinski definition) is 2. The van der Waals surface area contributed by atoms with E-state index in [1.54, 1.807) is 0 Å². The molecule has 0 aliphatic heterocycles. The standard InChI is InChI=1S/C12H17N3O/c1-8(9-2-4-10(13)5-3-9)14-12(16)15-11-6-7-11/h2-5,8,11H,6-7,13H2,1H3,(H2,14,15,16). The highest BCUT2D eigenvalue weighted by molar-refractivity contribution is 5.75. The second-order valence-corrected chi connectivity index (χ2v) is 4.28. The minimum Gasteiger partial charge on any atom is -0.399 e. The smallest absolute Gasteiger partial charge is 0.315 e. The summed E-state index contributed by atoms with van der Waals surface area (Å²) in [5, 5.41) is 5.79. The molecule has 1 unspecified atom stereocenters. The molecule has 16 heavy (non-hydrogen) atoms. The van der Waals surface area contributed by atoms with Gasteiger partial charge in [-0.1, -0.05) is 12.1 Å². The van der Waals surface area contributed by atoms with Gasteiger partial charge in [-0.2, -0.15) is 0 Å². The highest BCUT2D eigenvalue weighted by Gasteiger charge is 2.23. The zero-order chi connectivity index (χ0) is 11.5. The number of amides is 2. The number of benzene rings is 1. The van der Waals surface area contributed by atoms with Gasteiger partial charge in [0.05, 0.1) is 6.04 Å². The summed E-state index contributed by atoms with van der Waals surface area (Å²) in [6.45, 7) is 1.96. The fourth-order valence-electron chi connectivity index (χ4n) is 1.52. The Balaban J connectivity index is 1.88. The molecular weight excluding hydrogens is 202 g/mol. The Bertz CT molecular complexity index is 370. The summed E-state index contributed by atoms with van der Waals surface area (Å²) >= 11 is 0. The molecule has 1 fully saturated rings. The van der Waals surface area contributed by atoms with Gasteiger partial charge in [-0.05, 0) is 37.5 Å². The van der Waals surface area contributed by atoms with Crippen molar-refractivity contribution in [3.63, 3.8) is 0 Å². The van der Waals surface area contributed by atoms with Crippen molar-refractivity contribution in [3.8, 4) is 0 Å². The predicted octanol–water partition coefficient (Wildman–Crippen LogP) is 1.79. The average molecular weight is 219 g/mol. The molecule has 0 spiro atoms. The van der Waals surface area contributed by atoms with Crippen LogP contribution in [0, 0.1) is 0 Å². The molecule has 0 bridgehead atoms. The van der Waals surface area contributed by atoms with Crippen molar-refractivity contribution < 1.29 is 4.79 Å². The van der Waals surface area contributed by atoms with Crippen LogP contribution in [0.2, 0.25) is 0 Å². The van der Waals surface area contributed by atoms with Crippen LogP contribution in [0.5, 0.6) is 0 Å². The molecule has 2 amide bonds. The first-order valence-electron chi connectivity index (χ1n) is 5.57. The highest BCUT2D eigenvalue weighted by atomic mass is 16.2. The van der Waals surface area contributed by atoms with E-state index in [-0.39, 0.29) is 12.1 Å². The Labute approximate surface area is 95.2 Å². The van der Waals surface area contributed by atoms with Crippen LogP contribution in [0.25, 0.3) is 0 Å². The van der Waals surface area contributed by atoms with Gasteiger partial charge in [-0.15, -0.1) is 0 Å². The quantitative estimate of drug-likeness (QED) is 0.678. The largest absolute Gasteiger partial charge is 0.399 e. The molecular formula is C12H17N3O. The number of carbonyl (C=O) groups is 1. The SMILES string of the molecule is CC(NC(=O)NC1CC1)c1ccc(N)cc1. The van der Waals surface area contributed by atoms with Crippen LogP contribution in [0.15, 0.2) is 24.3 Å². The molecule has 1 saturated carbocycles. The summed E-state index contributed by atoms with van der Waals surface area (Å²) in [4.78, 5) is 11.5. The van der Waals surface area contributed by atoms with Crippen molar-refractivity contribution >= 4 is 11.7 Å². The summed E-state index contributed by atoms with van der Waals surface area (Å²) in [6.07, 6.45) is 2.20. The van der Waals surface area contributed by atoms with Gasteiger partial charge in [0.15, 0.2) is 0 Å². The van der Waals surface area contributed by atoms with E-state index < -0.39 is 0 Å². The van der Waals surface area contributed by atoms with Gasteiger partial charge in [-0.3, -0.25) is 0 Å². The minimum atomic E-state index is -0.0909. The Hall–Kier alpha value is -1.71. The molecule has 1 aliphatic rings. The van der Waals surface area contributed by atoms with Crippen LogP contribution in [0.4, 0.5) is 10.5 Å². The molecule has 86 valence electrons. The van der Waals surface area contributed by atoms with Crippen LogP contribution in [0.1, 0.15) is 31.4 Å². The number of urea groups is 1. The molecule has 0 radical (unpaired) electrons. The zero-order valence-corrected chi connectivity index (χ0v) is 9.36. The number of rotatable bonds is 3. The number of nitrogen functional groups attached to an aromatic ring is 1. The number of carbonyl (C=O) groups excluding carboxylic acids is 1. The predicted molar refractivity (Wildman–Crippen MR) is 64.0 cm³/mol. The van der Waals surface area contributed by atoms with Crippen molar-refractivity contribution in [2.75, 3.05) is 5.73 Å². The molecule has 1 atom stereocenters. The van der Waals surface area contributed by atoms with Crippen molar-refractivity contribution in [3.05, 3.63) is 29.8 Å². The summed E-state index contributed by atoms with van der Waals surface area (Å²) < 4.78 is 0. The lowest BCUT2D eigenvalue weighted by molar-refractivity contribution is 0.237. The molecule has 2 rings (SSSR count). The van der Waals surface area contributed by atoms with Crippen LogP contribution >= 0.6 is 0 Å². The molecule has 0 heterocycles. The third kappa shape index (κ3) is 2.89. The van der Waals surface area contributed by atoms with E-state index in [2.05, 4.69) is 10.6 Å². The number of anilines is 1. The van der Waals surface area contributed by atoms with E-state index in [9.17, 15) is 4.79 Å². The third-order valence-electron chi connectivity index (χ3n) is 2.70. The van der Waals surface area contributed by atoms with Crippen LogP contribution < -0.4 is 16.4 Å². The van der Waals surface area contributed by atoms with Gasteiger partial charge in [0.1, 0.15) is 0 Å². The first-order chi connectivity index (χ1) is 7.65. The number of hydrogen-bond donors (Lipinski definition) is 3. The molecule has 1 aromatic carbocycles. The van der Waals surface area contributed by atoms with Crippen molar-refractivity contribution in [2.45, 2.75) is 31.8 Å². The Kier molecular flexibility index (Phi) is 2.99. The fourth-order valence-corrected chi connectivity index (χ4v) is 1.52.